The fraction of sp³-hybridized carbons (Fsp3) is 0.524. The Hall–Kier alpha value is -2.50. The highest BCUT2D eigenvalue weighted by Crippen LogP contribution is 2.36. The third kappa shape index (κ3) is 6.75. The van der Waals surface area contributed by atoms with Gasteiger partial charge in [0, 0.05) is 19.0 Å². The van der Waals surface area contributed by atoms with Crippen LogP contribution in [0.2, 0.25) is 0 Å². The number of alkyl halides is 6. The van der Waals surface area contributed by atoms with Crippen molar-refractivity contribution in [1.82, 2.24) is 10.3 Å². The molecule has 12 heteroatoms. The Morgan fingerprint density at radius 1 is 1.06 bits per heavy atom. The van der Waals surface area contributed by atoms with E-state index in [9.17, 15) is 36.2 Å². The van der Waals surface area contributed by atoms with Crippen molar-refractivity contribution in [1.29, 1.82) is 0 Å². The molecule has 0 saturated heterocycles. The van der Waals surface area contributed by atoms with Crippen LogP contribution in [0, 0.1) is 0 Å². The van der Waals surface area contributed by atoms with Gasteiger partial charge in [0.05, 0.1) is 21.6 Å². The van der Waals surface area contributed by atoms with Crippen molar-refractivity contribution in [2.24, 2.45) is 0 Å². The third-order valence-electron chi connectivity index (χ3n) is 5.39. The monoisotopic (exact) mass is 495 g/mol. The van der Waals surface area contributed by atoms with E-state index in [-0.39, 0.29) is 43.1 Å². The van der Waals surface area contributed by atoms with Gasteiger partial charge in [-0.25, -0.2) is 0 Å². The Morgan fingerprint density at radius 2 is 1.73 bits per heavy atom. The van der Waals surface area contributed by atoms with Crippen LogP contribution in [0.15, 0.2) is 18.2 Å². The fourth-order valence-corrected chi connectivity index (χ4v) is 4.64. The summed E-state index contributed by atoms with van der Waals surface area (Å²) in [6.45, 7) is -0.189. The topological polar surface area (TPSA) is 74.2 Å². The molecule has 182 valence electrons. The minimum atomic E-state index is -4.99. The van der Waals surface area contributed by atoms with Crippen LogP contribution in [0.3, 0.4) is 0 Å². The summed E-state index contributed by atoms with van der Waals surface area (Å²) in [6, 6.07) is 0.972. The molecule has 0 aliphatic heterocycles. The Labute approximate surface area is 190 Å². The lowest BCUT2D eigenvalue weighted by Crippen LogP contribution is -2.28. The largest absolute Gasteiger partial charge is 0.492 e. The predicted octanol–water partition coefficient (Wildman–Crippen LogP) is 5.99. The zero-order chi connectivity index (χ0) is 24.2. The first kappa shape index (κ1) is 25.1. The van der Waals surface area contributed by atoms with Gasteiger partial charge in [-0.05, 0) is 31.0 Å². The van der Waals surface area contributed by atoms with E-state index in [4.69, 9.17) is 0 Å². The Kier molecular flexibility index (Phi) is 7.76. The number of nitrogens with zero attached hydrogens (tertiary/aromatic N) is 1. The number of carbonyl (C=O) groups is 1. The van der Waals surface area contributed by atoms with Crippen LogP contribution < -0.4 is 10.6 Å². The lowest BCUT2D eigenvalue weighted by molar-refractivity contribution is -0.141. The summed E-state index contributed by atoms with van der Waals surface area (Å²) in [4.78, 5) is 16.8. The van der Waals surface area contributed by atoms with Gasteiger partial charge in [0.1, 0.15) is 0 Å². The van der Waals surface area contributed by atoms with Gasteiger partial charge in [-0.3, -0.25) is 4.79 Å². The van der Waals surface area contributed by atoms with Gasteiger partial charge < -0.3 is 15.7 Å². The van der Waals surface area contributed by atoms with E-state index in [1.54, 1.807) is 0 Å². The molecule has 0 bridgehead atoms. The van der Waals surface area contributed by atoms with E-state index in [2.05, 4.69) is 15.6 Å². The predicted molar refractivity (Wildman–Crippen MR) is 111 cm³/mol. The second-order valence-corrected chi connectivity index (χ2v) is 8.94. The van der Waals surface area contributed by atoms with Gasteiger partial charge in [0.15, 0.2) is 5.13 Å². The lowest BCUT2D eigenvalue weighted by Gasteiger charge is -2.15. The molecule has 1 aromatic carbocycles. The Morgan fingerprint density at radius 3 is 2.33 bits per heavy atom. The van der Waals surface area contributed by atoms with Crippen molar-refractivity contribution in [3.63, 3.8) is 0 Å². The molecule has 0 radical (unpaired) electrons. The zero-order valence-corrected chi connectivity index (χ0v) is 18.3. The molecule has 5 nitrogen and oxygen atoms in total. The van der Waals surface area contributed by atoms with Crippen LogP contribution in [0.4, 0.5) is 31.5 Å². The molecule has 0 spiro atoms. The van der Waals surface area contributed by atoms with Crippen molar-refractivity contribution in [2.45, 2.75) is 63.3 Å². The normalized spacial score (nSPS) is 15.8. The van der Waals surface area contributed by atoms with Crippen molar-refractivity contribution < 1.29 is 36.2 Å². The van der Waals surface area contributed by atoms with E-state index < -0.39 is 35.0 Å². The van der Waals surface area contributed by atoms with Crippen LogP contribution in [-0.4, -0.2) is 28.6 Å². The van der Waals surface area contributed by atoms with Crippen LogP contribution in [0.5, 0.6) is 5.88 Å². The van der Waals surface area contributed by atoms with Gasteiger partial charge in [-0.2, -0.15) is 31.3 Å². The SMILES string of the molecule is O=C(NCCc1sc(NC2CCCCCC2)nc1O)c1cc(C(F)(F)F)ccc1C(F)(F)F. The quantitative estimate of drug-likeness (QED) is 0.340. The van der Waals surface area contributed by atoms with Crippen LogP contribution >= 0.6 is 11.3 Å². The number of thiazole rings is 1. The highest BCUT2D eigenvalue weighted by molar-refractivity contribution is 7.15. The smallest absolute Gasteiger partial charge is 0.417 e. The molecule has 0 unspecified atom stereocenters. The van der Waals surface area contributed by atoms with Gasteiger partial charge in [-0.15, -0.1) is 0 Å². The molecular weight excluding hydrogens is 472 g/mol. The van der Waals surface area contributed by atoms with Crippen LogP contribution in [0.25, 0.3) is 0 Å². The standard InChI is InChI=1S/C21H23F6N3O2S/c22-20(23,24)12-7-8-15(21(25,26)27)14(11-12)17(31)28-10-9-16-18(32)30-19(33-16)29-13-5-3-1-2-4-6-13/h7-8,11,13,32H,1-6,9-10H2,(H,28,31)(H,29,30). The zero-order valence-electron chi connectivity index (χ0n) is 17.4. The minimum Gasteiger partial charge on any atom is -0.492 e. The summed E-state index contributed by atoms with van der Waals surface area (Å²) in [5, 5.41) is 16.0. The highest BCUT2D eigenvalue weighted by atomic mass is 32.1. The van der Waals surface area contributed by atoms with Crippen molar-refractivity contribution >= 4 is 22.4 Å². The maximum atomic E-state index is 13.2. The van der Waals surface area contributed by atoms with E-state index in [1.165, 1.54) is 24.2 Å². The second kappa shape index (κ2) is 10.2. The molecule has 2 aromatic rings. The first-order chi connectivity index (χ1) is 15.4. The van der Waals surface area contributed by atoms with Gasteiger partial charge in [0.25, 0.3) is 5.91 Å². The maximum Gasteiger partial charge on any atom is 0.417 e. The number of nitrogens with one attached hydrogen (secondary N) is 2. The summed E-state index contributed by atoms with van der Waals surface area (Å²) < 4.78 is 78.3. The van der Waals surface area contributed by atoms with Crippen LogP contribution in [-0.2, 0) is 18.8 Å². The first-order valence-electron chi connectivity index (χ1n) is 10.5. The molecule has 1 aliphatic carbocycles. The van der Waals surface area contributed by atoms with E-state index >= 15 is 0 Å². The molecule has 1 aliphatic rings. The maximum absolute atomic E-state index is 13.2. The number of amides is 1. The van der Waals surface area contributed by atoms with Crippen molar-refractivity contribution in [3.05, 3.63) is 39.8 Å². The minimum absolute atomic E-state index is 0.0574. The molecule has 1 saturated carbocycles. The molecule has 1 amide bonds. The Bertz CT molecular complexity index is 966. The first-order valence-corrected chi connectivity index (χ1v) is 11.3. The molecular formula is C21H23F6N3O2S. The Balaban J connectivity index is 1.65. The van der Waals surface area contributed by atoms with Gasteiger partial charge >= 0.3 is 12.4 Å². The summed E-state index contributed by atoms with van der Waals surface area (Å²) in [5.41, 5.74) is -3.92. The van der Waals surface area contributed by atoms with Gasteiger partial charge in [-0.1, -0.05) is 37.0 Å². The average Bonchev–Trinajstić information content (AvgIpc) is 2.90. The lowest BCUT2D eigenvalue weighted by atomic mass is 10.0. The van der Waals surface area contributed by atoms with Crippen molar-refractivity contribution in [2.75, 3.05) is 11.9 Å². The number of rotatable bonds is 6. The third-order valence-corrected chi connectivity index (χ3v) is 6.43. The van der Waals surface area contributed by atoms with E-state index in [0.29, 0.717) is 10.0 Å². The number of halogens is 6. The summed E-state index contributed by atoms with van der Waals surface area (Å²) in [6.07, 6.45) is -3.30. The number of aromatic nitrogens is 1. The average molecular weight is 495 g/mol. The summed E-state index contributed by atoms with van der Waals surface area (Å²) in [7, 11) is 0. The molecule has 1 heterocycles. The summed E-state index contributed by atoms with van der Waals surface area (Å²) in [5.74, 6) is -1.53. The molecule has 3 rings (SSSR count). The number of hydrogen-bond acceptors (Lipinski definition) is 5. The highest BCUT2D eigenvalue weighted by Gasteiger charge is 2.38. The van der Waals surface area contributed by atoms with E-state index in [1.807, 2.05) is 0 Å². The van der Waals surface area contributed by atoms with Crippen LogP contribution in [0.1, 0.15) is 64.9 Å². The molecule has 1 aromatic heterocycles. The molecule has 33 heavy (non-hydrogen) atoms. The number of anilines is 1. The summed E-state index contributed by atoms with van der Waals surface area (Å²) >= 11 is 1.17. The second-order valence-electron chi connectivity index (χ2n) is 7.86. The number of carbonyl (C=O) groups excluding carboxylic acids is 1. The number of benzene rings is 1. The number of aromatic hydroxyl groups is 1. The number of hydrogen-bond donors (Lipinski definition) is 3. The molecule has 0 atom stereocenters. The molecule has 3 N–H and O–H groups in total. The van der Waals surface area contributed by atoms with Crippen molar-refractivity contribution in [3.8, 4) is 5.88 Å². The fourth-order valence-electron chi connectivity index (χ4n) is 3.71. The van der Waals surface area contributed by atoms with Gasteiger partial charge in [0.2, 0.25) is 5.88 Å². The molecule has 1 fully saturated rings. The van der Waals surface area contributed by atoms with E-state index in [0.717, 1.165) is 25.7 Å².